The Bertz CT molecular complexity index is 526. The Morgan fingerprint density at radius 1 is 1.31 bits per heavy atom. The van der Waals surface area contributed by atoms with E-state index in [4.69, 9.17) is 4.98 Å². The van der Waals surface area contributed by atoms with E-state index in [-0.39, 0.29) is 5.41 Å². The molecule has 1 heterocycles. The summed E-state index contributed by atoms with van der Waals surface area (Å²) in [6.07, 6.45) is 0. The summed E-state index contributed by atoms with van der Waals surface area (Å²) >= 11 is 5.29. The zero-order valence-electron chi connectivity index (χ0n) is 9.89. The Kier molecular flexibility index (Phi) is 2.97. The molecule has 1 N–H and O–H groups in total. The smallest absolute Gasteiger partial charge is 0.105 e. The topological polar surface area (TPSA) is 24.9 Å². The van der Waals surface area contributed by atoms with Crippen LogP contribution in [-0.2, 0) is 5.41 Å². The van der Waals surface area contributed by atoms with E-state index >= 15 is 0 Å². The molecule has 0 spiro atoms. The van der Waals surface area contributed by atoms with Gasteiger partial charge in [-0.1, -0.05) is 36.7 Å². The maximum Gasteiger partial charge on any atom is 0.105 e. The van der Waals surface area contributed by atoms with E-state index in [1.54, 1.807) is 11.3 Å². The molecule has 0 bridgehead atoms. The second-order valence-corrected chi connectivity index (χ2v) is 6.77. The van der Waals surface area contributed by atoms with Gasteiger partial charge in [-0.15, -0.1) is 11.3 Å². The van der Waals surface area contributed by atoms with Gasteiger partial charge in [-0.2, -0.15) is 0 Å². The van der Waals surface area contributed by atoms with Crippen LogP contribution in [0.25, 0.3) is 10.2 Å². The highest BCUT2D eigenvalue weighted by atomic mass is 79.9. The number of nitrogens with one attached hydrogen (secondary N) is 1. The summed E-state index contributed by atoms with van der Waals surface area (Å²) in [4.78, 5) is 4.73. The molecule has 0 saturated carbocycles. The number of anilines is 1. The minimum Gasteiger partial charge on any atom is -0.386 e. The van der Waals surface area contributed by atoms with Crippen molar-refractivity contribution in [3.63, 3.8) is 0 Å². The van der Waals surface area contributed by atoms with Crippen LogP contribution >= 0.6 is 27.3 Å². The highest BCUT2D eigenvalue weighted by molar-refractivity contribution is 9.10. The lowest BCUT2D eigenvalue weighted by molar-refractivity contribution is 0.587. The van der Waals surface area contributed by atoms with Crippen molar-refractivity contribution in [2.24, 2.45) is 0 Å². The van der Waals surface area contributed by atoms with Gasteiger partial charge in [-0.25, -0.2) is 4.98 Å². The number of nitrogens with zero attached hydrogens (tertiary/aromatic N) is 1. The number of aromatic nitrogens is 1. The van der Waals surface area contributed by atoms with Crippen molar-refractivity contribution in [3.8, 4) is 0 Å². The van der Waals surface area contributed by atoms with E-state index in [0.29, 0.717) is 0 Å². The largest absolute Gasteiger partial charge is 0.386 e. The van der Waals surface area contributed by atoms with Crippen LogP contribution in [-0.4, -0.2) is 12.0 Å². The molecular formula is C12H15BrN2S. The minimum absolute atomic E-state index is 0.112. The summed E-state index contributed by atoms with van der Waals surface area (Å²) in [6.45, 7) is 6.58. The molecule has 2 aromatic rings. The second kappa shape index (κ2) is 4.00. The first kappa shape index (κ1) is 11.9. The monoisotopic (exact) mass is 298 g/mol. The normalized spacial score (nSPS) is 12.1. The number of halogens is 1. The van der Waals surface area contributed by atoms with Crippen LogP contribution in [0.15, 0.2) is 16.6 Å². The third kappa shape index (κ3) is 2.09. The second-order valence-electron chi connectivity index (χ2n) is 4.82. The summed E-state index contributed by atoms with van der Waals surface area (Å²) in [5.41, 5.74) is 2.26. The van der Waals surface area contributed by atoms with Gasteiger partial charge < -0.3 is 5.32 Å². The molecule has 86 valence electrons. The third-order valence-corrected chi connectivity index (χ3v) is 4.26. The number of thiazole rings is 1. The molecule has 0 amide bonds. The molecule has 0 unspecified atom stereocenters. The SMILES string of the molecule is CNc1cc(Br)cc2sc(C(C)(C)C)nc12. The van der Waals surface area contributed by atoms with Gasteiger partial charge in [0, 0.05) is 16.9 Å². The van der Waals surface area contributed by atoms with Gasteiger partial charge >= 0.3 is 0 Å². The van der Waals surface area contributed by atoms with E-state index < -0.39 is 0 Å². The average molecular weight is 299 g/mol. The molecule has 1 aromatic carbocycles. The van der Waals surface area contributed by atoms with Crippen LogP contribution in [0.5, 0.6) is 0 Å². The van der Waals surface area contributed by atoms with Crippen LogP contribution in [0.2, 0.25) is 0 Å². The summed E-state index contributed by atoms with van der Waals surface area (Å²) in [6, 6.07) is 4.19. The van der Waals surface area contributed by atoms with Crippen LogP contribution in [0.3, 0.4) is 0 Å². The Hall–Kier alpha value is -0.610. The van der Waals surface area contributed by atoms with Crippen LogP contribution in [0.1, 0.15) is 25.8 Å². The Balaban J connectivity index is 2.70. The Morgan fingerprint density at radius 3 is 2.56 bits per heavy atom. The minimum atomic E-state index is 0.112. The molecule has 0 atom stereocenters. The molecule has 2 rings (SSSR count). The Labute approximate surface area is 108 Å². The molecule has 2 nitrogen and oxygen atoms in total. The molecule has 0 saturated heterocycles. The van der Waals surface area contributed by atoms with Crippen molar-refractivity contribution < 1.29 is 0 Å². The van der Waals surface area contributed by atoms with Gasteiger partial charge in [-0.05, 0) is 12.1 Å². The molecule has 0 aliphatic rings. The highest BCUT2D eigenvalue weighted by Crippen LogP contribution is 2.36. The van der Waals surface area contributed by atoms with E-state index in [1.165, 1.54) is 9.71 Å². The van der Waals surface area contributed by atoms with Crippen molar-refractivity contribution in [1.29, 1.82) is 0 Å². The number of fused-ring (bicyclic) bond motifs is 1. The van der Waals surface area contributed by atoms with Crippen molar-refractivity contribution in [2.45, 2.75) is 26.2 Å². The average Bonchev–Trinajstić information content (AvgIpc) is 2.59. The quantitative estimate of drug-likeness (QED) is 0.844. The Morgan fingerprint density at radius 2 is 2.00 bits per heavy atom. The predicted octanol–water partition coefficient (Wildman–Crippen LogP) is 4.40. The number of rotatable bonds is 1. The van der Waals surface area contributed by atoms with E-state index in [0.717, 1.165) is 15.7 Å². The van der Waals surface area contributed by atoms with Gasteiger partial charge in [0.2, 0.25) is 0 Å². The van der Waals surface area contributed by atoms with Gasteiger partial charge in [0.1, 0.15) is 5.52 Å². The number of hydrogen-bond donors (Lipinski definition) is 1. The molecule has 0 fully saturated rings. The summed E-state index contributed by atoms with van der Waals surface area (Å²) in [5, 5.41) is 4.37. The molecule has 4 heteroatoms. The van der Waals surface area contributed by atoms with Gasteiger partial charge in [-0.3, -0.25) is 0 Å². The van der Waals surface area contributed by atoms with Crippen LogP contribution in [0.4, 0.5) is 5.69 Å². The molecule has 0 radical (unpaired) electrons. The first-order valence-electron chi connectivity index (χ1n) is 5.20. The fraction of sp³-hybridized carbons (Fsp3) is 0.417. The zero-order chi connectivity index (χ0) is 11.9. The number of hydrogen-bond acceptors (Lipinski definition) is 3. The predicted molar refractivity (Wildman–Crippen MR) is 75.6 cm³/mol. The van der Waals surface area contributed by atoms with E-state index in [1.807, 2.05) is 7.05 Å². The lowest BCUT2D eigenvalue weighted by Gasteiger charge is -2.13. The lowest BCUT2D eigenvalue weighted by atomic mass is 9.98. The standard InChI is InChI=1S/C12H15BrN2S/c1-12(2,3)11-15-10-8(14-4)5-7(13)6-9(10)16-11/h5-6,14H,1-4H3. The van der Waals surface area contributed by atoms with Gasteiger partial charge in [0.05, 0.1) is 15.4 Å². The zero-order valence-corrected chi connectivity index (χ0v) is 12.3. The molecule has 0 aliphatic heterocycles. The lowest BCUT2D eigenvalue weighted by Crippen LogP contribution is -2.09. The van der Waals surface area contributed by atoms with Gasteiger partial charge in [0.15, 0.2) is 0 Å². The highest BCUT2D eigenvalue weighted by Gasteiger charge is 2.19. The van der Waals surface area contributed by atoms with E-state index in [9.17, 15) is 0 Å². The van der Waals surface area contributed by atoms with Crippen molar-refractivity contribution in [2.75, 3.05) is 12.4 Å². The van der Waals surface area contributed by atoms with Crippen LogP contribution < -0.4 is 5.32 Å². The molecular weight excluding hydrogens is 284 g/mol. The van der Waals surface area contributed by atoms with Gasteiger partial charge in [0.25, 0.3) is 0 Å². The van der Waals surface area contributed by atoms with Crippen LogP contribution in [0, 0.1) is 0 Å². The van der Waals surface area contributed by atoms with Crippen molar-refractivity contribution >= 4 is 43.2 Å². The first-order valence-corrected chi connectivity index (χ1v) is 6.81. The molecule has 0 aliphatic carbocycles. The van der Waals surface area contributed by atoms with E-state index in [2.05, 4.69) is 54.2 Å². The summed E-state index contributed by atoms with van der Waals surface area (Å²) < 4.78 is 2.32. The van der Waals surface area contributed by atoms with Crippen molar-refractivity contribution in [3.05, 3.63) is 21.6 Å². The fourth-order valence-corrected chi connectivity index (χ4v) is 3.21. The molecule has 1 aromatic heterocycles. The first-order chi connectivity index (χ1) is 7.41. The summed E-state index contributed by atoms with van der Waals surface area (Å²) in [7, 11) is 1.93. The summed E-state index contributed by atoms with van der Waals surface area (Å²) in [5.74, 6) is 0. The number of benzene rings is 1. The maximum absolute atomic E-state index is 4.73. The molecule has 16 heavy (non-hydrogen) atoms. The third-order valence-electron chi connectivity index (χ3n) is 2.37. The fourth-order valence-electron chi connectivity index (χ4n) is 1.51. The van der Waals surface area contributed by atoms with Crippen molar-refractivity contribution in [1.82, 2.24) is 4.98 Å². The maximum atomic E-state index is 4.73.